The van der Waals surface area contributed by atoms with Crippen LogP contribution in [-0.4, -0.2) is 44.3 Å². The third-order valence-corrected chi connectivity index (χ3v) is 3.77. The van der Waals surface area contributed by atoms with Crippen LogP contribution in [0.5, 0.6) is 0 Å². The molecule has 3 nitrogen and oxygen atoms in total. The van der Waals surface area contributed by atoms with Crippen LogP contribution in [0.2, 0.25) is 0 Å². The van der Waals surface area contributed by atoms with E-state index in [9.17, 15) is 0 Å². The van der Waals surface area contributed by atoms with Gasteiger partial charge in [-0.25, -0.2) is 0 Å². The van der Waals surface area contributed by atoms with Crippen LogP contribution < -0.4 is 5.73 Å². The Balaban J connectivity index is 2.17. The average Bonchev–Trinajstić information content (AvgIpc) is 3.06. The molecule has 102 valence electrons. The topological polar surface area (TPSA) is 38.5 Å². The smallest absolute Gasteiger partial charge is 0.0589 e. The number of hydrogen-bond donors (Lipinski definition) is 1. The predicted octanol–water partition coefficient (Wildman–Crippen LogP) is 2.25. The highest BCUT2D eigenvalue weighted by atomic mass is 16.5. The SMILES string of the molecule is COCCN(CCCC(C)(C)CCN)C1CC1. The zero-order valence-corrected chi connectivity index (χ0v) is 11.9. The van der Waals surface area contributed by atoms with Gasteiger partial charge >= 0.3 is 0 Å². The first-order chi connectivity index (χ1) is 8.09. The van der Waals surface area contributed by atoms with Crippen molar-refractivity contribution in [3.8, 4) is 0 Å². The van der Waals surface area contributed by atoms with Crippen LogP contribution in [0.15, 0.2) is 0 Å². The van der Waals surface area contributed by atoms with Crippen LogP contribution in [-0.2, 0) is 4.74 Å². The van der Waals surface area contributed by atoms with Crippen molar-refractivity contribution >= 4 is 0 Å². The van der Waals surface area contributed by atoms with Crippen LogP contribution in [0.1, 0.15) is 46.0 Å². The van der Waals surface area contributed by atoms with E-state index in [0.29, 0.717) is 5.41 Å². The molecule has 0 aromatic heterocycles. The van der Waals surface area contributed by atoms with Gasteiger partial charge in [-0.2, -0.15) is 0 Å². The normalized spacial score (nSPS) is 16.8. The number of ether oxygens (including phenoxy) is 1. The van der Waals surface area contributed by atoms with Gasteiger partial charge in [-0.15, -0.1) is 0 Å². The molecular weight excluding hydrogens is 212 g/mol. The number of rotatable bonds is 10. The second-order valence-electron chi connectivity index (χ2n) is 6.07. The molecule has 0 spiro atoms. The summed E-state index contributed by atoms with van der Waals surface area (Å²) in [5, 5.41) is 0. The maximum atomic E-state index is 5.64. The lowest BCUT2D eigenvalue weighted by molar-refractivity contribution is 0.138. The molecule has 0 aromatic carbocycles. The molecule has 0 amide bonds. The second-order valence-corrected chi connectivity index (χ2v) is 6.07. The zero-order valence-electron chi connectivity index (χ0n) is 11.9. The van der Waals surface area contributed by atoms with Crippen LogP contribution in [0.4, 0.5) is 0 Å². The van der Waals surface area contributed by atoms with Crippen LogP contribution in [0.3, 0.4) is 0 Å². The summed E-state index contributed by atoms with van der Waals surface area (Å²) in [4.78, 5) is 2.60. The third kappa shape index (κ3) is 6.39. The van der Waals surface area contributed by atoms with Gasteiger partial charge in [-0.1, -0.05) is 13.8 Å². The first-order valence-corrected chi connectivity index (χ1v) is 7.02. The van der Waals surface area contributed by atoms with Gasteiger partial charge in [0, 0.05) is 19.7 Å². The molecular formula is C14H30N2O. The monoisotopic (exact) mass is 242 g/mol. The lowest BCUT2D eigenvalue weighted by atomic mass is 9.84. The highest BCUT2D eigenvalue weighted by Gasteiger charge is 2.28. The lowest BCUT2D eigenvalue weighted by Crippen LogP contribution is -2.31. The van der Waals surface area contributed by atoms with E-state index in [1.165, 1.54) is 32.2 Å². The highest BCUT2D eigenvalue weighted by Crippen LogP contribution is 2.29. The van der Waals surface area contributed by atoms with Gasteiger partial charge in [0.1, 0.15) is 0 Å². The molecule has 1 aliphatic rings. The Morgan fingerprint density at radius 3 is 2.47 bits per heavy atom. The molecule has 0 saturated heterocycles. The fraction of sp³-hybridized carbons (Fsp3) is 1.00. The summed E-state index contributed by atoms with van der Waals surface area (Å²) in [6.07, 6.45) is 6.47. The molecule has 17 heavy (non-hydrogen) atoms. The Labute approximate surface area is 107 Å². The molecule has 0 bridgehead atoms. The number of nitrogens with two attached hydrogens (primary N) is 1. The second kappa shape index (κ2) is 7.34. The molecule has 3 heteroatoms. The Morgan fingerprint density at radius 1 is 1.24 bits per heavy atom. The minimum atomic E-state index is 0.408. The van der Waals surface area contributed by atoms with Crippen molar-refractivity contribution in [1.82, 2.24) is 4.90 Å². The molecule has 0 heterocycles. The van der Waals surface area contributed by atoms with Gasteiger partial charge in [0.05, 0.1) is 6.61 Å². The van der Waals surface area contributed by atoms with Crippen LogP contribution in [0.25, 0.3) is 0 Å². The van der Waals surface area contributed by atoms with Crippen molar-refractivity contribution in [1.29, 1.82) is 0 Å². The molecule has 1 aliphatic carbocycles. The molecule has 1 fully saturated rings. The zero-order chi connectivity index (χ0) is 12.7. The minimum absolute atomic E-state index is 0.408. The Kier molecular flexibility index (Phi) is 6.45. The van der Waals surface area contributed by atoms with E-state index in [-0.39, 0.29) is 0 Å². The summed E-state index contributed by atoms with van der Waals surface area (Å²) in [6.45, 7) is 8.65. The van der Waals surface area contributed by atoms with Gasteiger partial charge in [-0.05, 0) is 50.6 Å². The summed E-state index contributed by atoms with van der Waals surface area (Å²) < 4.78 is 5.18. The van der Waals surface area contributed by atoms with E-state index in [4.69, 9.17) is 10.5 Å². The van der Waals surface area contributed by atoms with E-state index in [0.717, 1.165) is 32.2 Å². The van der Waals surface area contributed by atoms with Gasteiger partial charge < -0.3 is 10.5 Å². The Bertz CT molecular complexity index is 202. The van der Waals surface area contributed by atoms with Crippen molar-refractivity contribution in [3.05, 3.63) is 0 Å². The quantitative estimate of drug-likeness (QED) is 0.638. The summed E-state index contributed by atoms with van der Waals surface area (Å²) in [6, 6.07) is 0.850. The van der Waals surface area contributed by atoms with Crippen molar-refractivity contribution in [2.45, 2.75) is 52.0 Å². The first-order valence-electron chi connectivity index (χ1n) is 7.02. The minimum Gasteiger partial charge on any atom is -0.383 e. The Hall–Kier alpha value is -0.120. The molecule has 0 radical (unpaired) electrons. The molecule has 1 saturated carbocycles. The highest BCUT2D eigenvalue weighted by molar-refractivity contribution is 4.84. The number of hydrogen-bond acceptors (Lipinski definition) is 3. The molecule has 0 aromatic rings. The summed E-state index contributed by atoms with van der Waals surface area (Å²) in [5.74, 6) is 0. The Morgan fingerprint density at radius 2 is 1.94 bits per heavy atom. The van der Waals surface area contributed by atoms with E-state index < -0.39 is 0 Å². The van der Waals surface area contributed by atoms with E-state index in [2.05, 4.69) is 18.7 Å². The fourth-order valence-corrected chi connectivity index (χ4v) is 2.40. The van der Waals surface area contributed by atoms with E-state index in [1.54, 1.807) is 7.11 Å². The lowest BCUT2D eigenvalue weighted by Gasteiger charge is -2.27. The third-order valence-electron chi connectivity index (χ3n) is 3.77. The fourth-order valence-electron chi connectivity index (χ4n) is 2.40. The van der Waals surface area contributed by atoms with Gasteiger partial charge in [0.25, 0.3) is 0 Å². The van der Waals surface area contributed by atoms with Crippen molar-refractivity contribution in [3.63, 3.8) is 0 Å². The van der Waals surface area contributed by atoms with Crippen molar-refractivity contribution < 1.29 is 4.74 Å². The molecule has 0 aliphatic heterocycles. The maximum absolute atomic E-state index is 5.64. The summed E-state index contributed by atoms with van der Waals surface area (Å²) in [5.41, 5.74) is 6.05. The van der Waals surface area contributed by atoms with Gasteiger partial charge in [-0.3, -0.25) is 4.90 Å². The maximum Gasteiger partial charge on any atom is 0.0589 e. The molecule has 0 atom stereocenters. The summed E-state index contributed by atoms with van der Waals surface area (Å²) in [7, 11) is 1.79. The predicted molar refractivity (Wildman–Crippen MR) is 73.2 cm³/mol. The standard InChI is InChI=1S/C14H30N2O/c1-14(2,8-9-15)7-4-10-16(11-12-17-3)13-5-6-13/h13H,4-12,15H2,1-3H3. The largest absolute Gasteiger partial charge is 0.383 e. The van der Waals surface area contributed by atoms with E-state index >= 15 is 0 Å². The average molecular weight is 242 g/mol. The van der Waals surface area contributed by atoms with Crippen molar-refractivity contribution in [2.75, 3.05) is 33.4 Å². The van der Waals surface area contributed by atoms with Crippen LogP contribution >= 0.6 is 0 Å². The van der Waals surface area contributed by atoms with Gasteiger partial charge in [0.15, 0.2) is 0 Å². The number of nitrogens with zero attached hydrogens (tertiary/aromatic N) is 1. The van der Waals surface area contributed by atoms with E-state index in [1.807, 2.05) is 0 Å². The number of methoxy groups -OCH3 is 1. The first kappa shape index (κ1) is 14.9. The summed E-state index contributed by atoms with van der Waals surface area (Å²) >= 11 is 0. The molecule has 0 unspecified atom stereocenters. The van der Waals surface area contributed by atoms with Crippen molar-refractivity contribution in [2.24, 2.45) is 11.1 Å². The van der Waals surface area contributed by atoms with Crippen LogP contribution in [0, 0.1) is 5.41 Å². The van der Waals surface area contributed by atoms with Gasteiger partial charge in [0.2, 0.25) is 0 Å². The molecule has 1 rings (SSSR count). The molecule has 2 N–H and O–H groups in total.